The van der Waals surface area contributed by atoms with Crippen LogP contribution in [0.2, 0.25) is 0 Å². The second-order valence-corrected chi connectivity index (χ2v) is 3.63. The molecule has 1 aromatic rings. The summed E-state index contributed by atoms with van der Waals surface area (Å²) in [7, 11) is 0. The van der Waals surface area contributed by atoms with E-state index in [9.17, 15) is 4.79 Å². The first-order valence-electron chi connectivity index (χ1n) is 5.33. The molecule has 0 aliphatic carbocycles. The van der Waals surface area contributed by atoms with E-state index in [2.05, 4.69) is 10.3 Å². The molecule has 0 spiro atoms. The van der Waals surface area contributed by atoms with Crippen molar-refractivity contribution in [1.29, 1.82) is 0 Å². The molecule has 1 aliphatic heterocycles. The van der Waals surface area contributed by atoms with Crippen LogP contribution in [0.15, 0.2) is 12.5 Å². The van der Waals surface area contributed by atoms with E-state index in [0.717, 1.165) is 32.7 Å². The molecule has 1 saturated heterocycles. The van der Waals surface area contributed by atoms with Crippen molar-refractivity contribution in [2.75, 3.05) is 26.2 Å². The van der Waals surface area contributed by atoms with Gasteiger partial charge in [-0.15, -0.1) is 0 Å². The zero-order valence-corrected chi connectivity index (χ0v) is 8.94. The van der Waals surface area contributed by atoms with Crippen molar-refractivity contribution >= 4 is 5.91 Å². The van der Waals surface area contributed by atoms with Crippen molar-refractivity contribution in [3.05, 3.63) is 18.2 Å². The van der Waals surface area contributed by atoms with Crippen LogP contribution in [0.5, 0.6) is 0 Å². The number of hydrogen-bond acceptors (Lipinski definition) is 3. The molecule has 1 aromatic heterocycles. The minimum atomic E-state index is 0.0451. The van der Waals surface area contributed by atoms with E-state index in [4.69, 9.17) is 0 Å². The van der Waals surface area contributed by atoms with Crippen LogP contribution in [-0.2, 0) is 6.54 Å². The number of rotatable bonds is 2. The predicted octanol–water partition coefficient (Wildman–Crippen LogP) is -0.0516. The van der Waals surface area contributed by atoms with Crippen LogP contribution in [0.25, 0.3) is 0 Å². The molecule has 5 nitrogen and oxygen atoms in total. The molecule has 0 atom stereocenters. The van der Waals surface area contributed by atoms with Gasteiger partial charge in [-0.05, 0) is 6.92 Å². The Morgan fingerprint density at radius 1 is 1.53 bits per heavy atom. The molecule has 1 amide bonds. The first-order chi connectivity index (χ1) is 7.31. The van der Waals surface area contributed by atoms with Crippen LogP contribution < -0.4 is 5.32 Å². The maximum Gasteiger partial charge on any atom is 0.274 e. The van der Waals surface area contributed by atoms with Crippen molar-refractivity contribution in [2.45, 2.75) is 13.5 Å². The quantitative estimate of drug-likeness (QED) is 0.741. The highest BCUT2D eigenvalue weighted by atomic mass is 16.2. The molecule has 0 unspecified atom stereocenters. The lowest BCUT2D eigenvalue weighted by Crippen LogP contribution is -2.46. The summed E-state index contributed by atoms with van der Waals surface area (Å²) >= 11 is 0. The van der Waals surface area contributed by atoms with Crippen LogP contribution in [0.1, 0.15) is 17.4 Å². The van der Waals surface area contributed by atoms with Gasteiger partial charge in [0.05, 0.1) is 6.33 Å². The zero-order chi connectivity index (χ0) is 10.7. The third-order valence-electron chi connectivity index (χ3n) is 2.62. The maximum atomic E-state index is 12.0. The van der Waals surface area contributed by atoms with Crippen LogP contribution in [-0.4, -0.2) is 46.5 Å². The Morgan fingerprint density at radius 2 is 2.27 bits per heavy atom. The molecule has 1 aliphatic rings. The summed E-state index contributed by atoms with van der Waals surface area (Å²) in [5.74, 6) is 0.0451. The Morgan fingerprint density at radius 3 is 2.87 bits per heavy atom. The van der Waals surface area contributed by atoms with Crippen LogP contribution in [0.4, 0.5) is 0 Å². The molecule has 2 heterocycles. The molecule has 0 saturated carbocycles. The van der Waals surface area contributed by atoms with Gasteiger partial charge in [0.25, 0.3) is 5.91 Å². The topological polar surface area (TPSA) is 50.2 Å². The van der Waals surface area contributed by atoms with Crippen molar-refractivity contribution in [3.63, 3.8) is 0 Å². The lowest BCUT2D eigenvalue weighted by Gasteiger charge is -2.26. The molecular weight excluding hydrogens is 192 g/mol. The molecule has 5 heteroatoms. The van der Waals surface area contributed by atoms with Gasteiger partial charge in [0.1, 0.15) is 5.69 Å². The molecule has 1 N–H and O–H groups in total. The Kier molecular flexibility index (Phi) is 3.01. The number of nitrogens with one attached hydrogen (secondary N) is 1. The fraction of sp³-hybridized carbons (Fsp3) is 0.600. The maximum absolute atomic E-state index is 12.0. The molecule has 0 aromatic carbocycles. The third kappa shape index (κ3) is 2.18. The summed E-state index contributed by atoms with van der Waals surface area (Å²) in [6.07, 6.45) is 3.51. The van der Waals surface area contributed by atoms with E-state index in [0.29, 0.717) is 5.69 Å². The minimum absolute atomic E-state index is 0.0451. The Balaban J connectivity index is 2.05. The number of nitrogens with zero attached hydrogens (tertiary/aromatic N) is 3. The van der Waals surface area contributed by atoms with Gasteiger partial charge in [0, 0.05) is 38.9 Å². The fourth-order valence-electron chi connectivity index (χ4n) is 1.67. The van der Waals surface area contributed by atoms with Gasteiger partial charge >= 0.3 is 0 Å². The number of hydrogen-bond donors (Lipinski definition) is 1. The van der Waals surface area contributed by atoms with E-state index < -0.39 is 0 Å². The molecule has 0 bridgehead atoms. The Labute approximate surface area is 89.1 Å². The van der Waals surface area contributed by atoms with Crippen molar-refractivity contribution < 1.29 is 4.79 Å². The van der Waals surface area contributed by atoms with E-state index in [1.165, 1.54) is 0 Å². The van der Waals surface area contributed by atoms with Crippen LogP contribution in [0.3, 0.4) is 0 Å². The smallest absolute Gasteiger partial charge is 0.274 e. The number of amides is 1. The third-order valence-corrected chi connectivity index (χ3v) is 2.62. The summed E-state index contributed by atoms with van der Waals surface area (Å²) in [5, 5.41) is 3.22. The number of imidazole rings is 1. The number of carbonyl (C=O) groups excluding carboxylic acids is 1. The zero-order valence-electron chi connectivity index (χ0n) is 8.94. The summed E-state index contributed by atoms with van der Waals surface area (Å²) in [4.78, 5) is 17.9. The molecule has 82 valence electrons. The van der Waals surface area contributed by atoms with Gasteiger partial charge in [-0.25, -0.2) is 4.98 Å². The van der Waals surface area contributed by atoms with Crippen molar-refractivity contribution in [3.8, 4) is 0 Å². The van der Waals surface area contributed by atoms with Crippen LogP contribution in [0, 0.1) is 0 Å². The molecule has 0 radical (unpaired) electrons. The van der Waals surface area contributed by atoms with E-state index >= 15 is 0 Å². The van der Waals surface area contributed by atoms with Crippen molar-refractivity contribution in [2.24, 2.45) is 0 Å². The molecule has 15 heavy (non-hydrogen) atoms. The first-order valence-corrected chi connectivity index (χ1v) is 5.33. The fourth-order valence-corrected chi connectivity index (χ4v) is 1.67. The number of carbonyl (C=O) groups is 1. The summed E-state index contributed by atoms with van der Waals surface area (Å²) in [6, 6.07) is 0. The van der Waals surface area contributed by atoms with E-state index in [-0.39, 0.29) is 5.91 Å². The first kappa shape index (κ1) is 10.2. The lowest BCUT2D eigenvalue weighted by atomic mass is 10.3. The van der Waals surface area contributed by atoms with Gasteiger partial charge in [0.2, 0.25) is 0 Å². The highest BCUT2D eigenvalue weighted by Crippen LogP contribution is 2.03. The van der Waals surface area contributed by atoms with Gasteiger partial charge in [-0.3, -0.25) is 4.79 Å². The standard InChI is InChI=1S/C10H16N4O/c1-2-13-7-9(12-8-13)10(15)14-5-3-11-4-6-14/h7-8,11H,2-6H2,1H3. The molecular formula is C10H16N4O. The van der Waals surface area contributed by atoms with Gasteiger partial charge in [0.15, 0.2) is 0 Å². The molecule has 1 fully saturated rings. The lowest BCUT2D eigenvalue weighted by molar-refractivity contribution is 0.0730. The van der Waals surface area contributed by atoms with Crippen molar-refractivity contribution in [1.82, 2.24) is 19.8 Å². The number of aryl methyl sites for hydroxylation is 1. The second-order valence-electron chi connectivity index (χ2n) is 3.63. The van der Waals surface area contributed by atoms with E-state index in [1.807, 2.05) is 22.6 Å². The number of piperazine rings is 1. The van der Waals surface area contributed by atoms with Gasteiger partial charge < -0.3 is 14.8 Å². The van der Waals surface area contributed by atoms with Crippen LogP contribution >= 0.6 is 0 Å². The summed E-state index contributed by atoms with van der Waals surface area (Å²) in [6.45, 7) is 6.18. The number of aromatic nitrogens is 2. The van der Waals surface area contributed by atoms with Gasteiger partial charge in [-0.2, -0.15) is 0 Å². The average Bonchev–Trinajstić information content (AvgIpc) is 2.78. The second kappa shape index (κ2) is 4.44. The summed E-state index contributed by atoms with van der Waals surface area (Å²) in [5.41, 5.74) is 0.554. The average molecular weight is 208 g/mol. The van der Waals surface area contributed by atoms with Gasteiger partial charge in [-0.1, -0.05) is 0 Å². The normalized spacial score (nSPS) is 16.7. The summed E-state index contributed by atoms with van der Waals surface area (Å²) < 4.78 is 1.91. The SMILES string of the molecule is CCn1cnc(C(=O)N2CCNCC2)c1. The highest BCUT2D eigenvalue weighted by Gasteiger charge is 2.19. The highest BCUT2D eigenvalue weighted by molar-refractivity contribution is 5.92. The monoisotopic (exact) mass is 208 g/mol. The predicted molar refractivity (Wildman–Crippen MR) is 56.7 cm³/mol. The Hall–Kier alpha value is -1.36. The minimum Gasteiger partial charge on any atom is -0.337 e. The largest absolute Gasteiger partial charge is 0.337 e. The van der Waals surface area contributed by atoms with E-state index in [1.54, 1.807) is 6.33 Å². The molecule has 2 rings (SSSR count). The Bertz CT molecular complexity index is 341.